The number of carbonyl (C=O) groups excluding carboxylic acids is 1. The van der Waals surface area contributed by atoms with Crippen molar-refractivity contribution in [3.63, 3.8) is 0 Å². The minimum atomic E-state index is -0.207. The third kappa shape index (κ3) is 4.54. The first kappa shape index (κ1) is 22.4. The lowest BCUT2D eigenvalue weighted by molar-refractivity contribution is 0.102. The average Bonchev–Trinajstić information content (AvgIpc) is 2.87. The standard InChI is InChI=1S/C27H21ClN4O3/c1-34-24-13-22-23(14-25(24)35-2)29-15-30-26(22)31-19-9-10-20-16(11-19)5-3-8-21(20)27(33)32-18-7-4-6-17(28)12-18/h3-15H,1-2H3,(H,32,33)(H,29,30,31). The van der Waals surface area contributed by atoms with Crippen molar-refractivity contribution in [2.75, 3.05) is 24.9 Å². The van der Waals surface area contributed by atoms with E-state index in [1.54, 1.807) is 44.6 Å². The van der Waals surface area contributed by atoms with Crippen molar-refractivity contribution in [3.8, 4) is 11.5 Å². The van der Waals surface area contributed by atoms with Crippen molar-refractivity contribution in [2.45, 2.75) is 0 Å². The minimum Gasteiger partial charge on any atom is -0.493 e. The molecule has 1 heterocycles. The predicted molar refractivity (Wildman–Crippen MR) is 139 cm³/mol. The molecule has 0 aliphatic carbocycles. The highest BCUT2D eigenvalue weighted by Crippen LogP contribution is 2.35. The molecule has 5 aromatic rings. The number of aromatic nitrogens is 2. The number of benzene rings is 4. The van der Waals surface area contributed by atoms with E-state index in [1.165, 1.54) is 6.33 Å². The van der Waals surface area contributed by atoms with Gasteiger partial charge in [0.15, 0.2) is 11.5 Å². The quantitative estimate of drug-likeness (QED) is 0.288. The highest BCUT2D eigenvalue weighted by molar-refractivity contribution is 6.31. The molecule has 2 N–H and O–H groups in total. The molecule has 0 aliphatic rings. The van der Waals surface area contributed by atoms with Crippen LogP contribution in [-0.2, 0) is 0 Å². The molecule has 7 nitrogen and oxygen atoms in total. The average molecular weight is 485 g/mol. The second-order valence-corrected chi connectivity index (χ2v) is 8.21. The summed E-state index contributed by atoms with van der Waals surface area (Å²) in [6.45, 7) is 0. The molecule has 0 bridgehead atoms. The predicted octanol–water partition coefficient (Wildman–Crippen LogP) is 6.45. The third-order valence-electron chi connectivity index (χ3n) is 5.61. The molecule has 1 amide bonds. The zero-order valence-electron chi connectivity index (χ0n) is 19.0. The molecule has 0 saturated heterocycles. The Labute approximate surface area is 206 Å². The molecule has 0 fully saturated rings. The monoisotopic (exact) mass is 484 g/mol. The molecule has 35 heavy (non-hydrogen) atoms. The van der Waals surface area contributed by atoms with Crippen molar-refractivity contribution in [1.82, 2.24) is 9.97 Å². The Bertz CT molecular complexity index is 1570. The molecule has 174 valence electrons. The second-order valence-electron chi connectivity index (χ2n) is 7.78. The molecular weight excluding hydrogens is 464 g/mol. The van der Waals surface area contributed by atoms with Crippen LogP contribution in [0.3, 0.4) is 0 Å². The summed E-state index contributed by atoms with van der Waals surface area (Å²) in [6.07, 6.45) is 1.50. The molecule has 0 radical (unpaired) electrons. The number of halogens is 1. The maximum Gasteiger partial charge on any atom is 0.256 e. The van der Waals surface area contributed by atoms with Crippen molar-refractivity contribution in [1.29, 1.82) is 0 Å². The van der Waals surface area contributed by atoms with Crippen molar-refractivity contribution >= 4 is 56.4 Å². The number of hydrogen-bond donors (Lipinski definition) is 2. The van der Waals surface area contributed by atoms with Crippen LogP contribution >= 0.6 is 11.6 Å². The molecule has 4 aromatic carbocycles. The molecule has 8 heteroatoms. The Morgan fingerprint density at radius 2 is 1.63 bits per heavy atom. The van der Waals surface area contributed by atoms with E-state index in [2.05, 4.69) is 20.6 Å². The minimum absolute atomic E-state index is 0.207. The van der Waals surface area contributed by atoms with Crippen LogP contribution in [0, 0.1) is 0 Å². The summed E-state index contributed by atoms with van der Waals surface area (Å²) in [5.74, 6) is 1.61. The van der Waals surface area contributed by atoms with Gasteiger partial charge < -0.3 is 20.1 Å². The van der Waals surface area contributed by atoms with Gasteiger partial charge in [-0.2, -0.15) is 0 Å². The number of nitrogens with zero attached hydrogens (tertiary/aromatic N) is 2. The summed E-state index contributed by atoms with van der Waals surface area (Å²) in [7, 11) is 3.17. The maximum absolute atomic E-state index is 13.0. The number of hydrogen-bond acceptors (Lipinski definition) is 6. The van der Waals surface area contributed by atoms with Crippen molar-refractivity contribution < 1.29 is 14.3 Å². The summed E-state index contributed by atoms with van der Waals surface area (Å²) in [6, 6.07) is 22.1. The fourth-order valence-corrected chi connectivity index (χ4v) is 4.13. The molecule has 0 spiro atoms. The number of carbonyl (C=O) groups is 1. The smallest absolute Gasteiger partial charge is 0.256 e. The van der Waals surface area contributed by atoms with Crippen LogP contribution in [-0.4, -0.2) is 30.1 Å². The zero-order valence-corrected chi connectivity index (χ0v) is 19.8. The van der Waals surface area contributed by atoms with E-state index in [-0.39, 0.29) is 5.91 Å². The van der Waals surface area contributed by atoms with E-state index in [0.717, 1.165) is 27.4 Å². The first-order chi connectivity index (χ1) is 17.1. The van der Waals surface area contributed by atoms with Gasteiger partial charge in [0.05, 0.1) is 19.7 Å². The van der Waals surface area contributed by atoms with Crippen LogP contribution in [0.15, 0.2) is 79.1 Å². The van der Waals surface area contributed by atoms with Gasteiger partial charge >= 0.3 is 0 Å². The van der Waals surface area contributed by atoms with E-state index in [0.29, 0.717) is 33.6 Å². The number of amides is 1. The van der Waals surface area contributed by atoms with E-state index >= 15 is 0 Å². The molecule has 0 saturated carbocycles. The molecule has 5 rings (SSSR count). The van der Waals surface area contributed by atoms with Crippen LogP contribution in [0.1, 0.15) is 10.4 Å². The maximum atomic E-state index is 13.0. The fraction of sp³-hybridized carbons (Fsp3) is 0.0741. The fourth-order valence-electron chi connectivity index (χ4n) is 3.94. The lowest BCUT2D eigenvalue weighted by Gasteiger charge is -2.13. The number of nitrogens with one attached hydrogen (secondary N) is 2. The lowest BCUT2D eigenvalue weighted by Crippen LogP contribution is -2.12. The van der Waals surface area contributed by atoms with Gasteiger partial charge in [-0.3, -0.25) is 4.79 Å². The number of fused-ring (bicyclic) bond motifs is 2. The van der Waals surface area contributed by atoms with Gasteiger partial charge in [-0.15, -0.1) is 0 Å². The Kier molecular flexibility index (Phi) is 6.08. The summed E-state index contributed by atoms with van der Waals surface area (Å²) < 4.78 is 10.8. The zero-order chi connectivity index (χ0) is 24.4. The number of anilines is 3. The van der Waals surface area contributed by atoms with Gasteiger partial charge in [0.2, 0.25) is 0 Å². The summed E-state index contributed by atoms with van der Waals surface area (Å²) in [5.41, 5.74) is 2.75. The van der Waals surface area contributed by atoms with Gasteiger partial charge in [-0.05, 0) is 53.2 Å². The largest absolute Gasteiger partial charge is 0.493 e. The van der Waals surface area contributed by atoms with Gasteiger partial charge in [-0.25, -0.2) is 9.97 Å². The first-order valence-electron chi connectivity index (χ1n) is 10.8. The van der Waals surface area contributed by atoms with E-state index < -0.39 is 0 Å². The molecule has 0 aliphatic heterocycles. The van der Waals surface area contributed by atoms with E-state index in [4.69, 9.17) is 21.1 Å². The van der Waals surface area contributed by atoms with Crippen molar-refractivity contribution in [3.05, 3.63) is 89.7 Å². The summed E-state index contributed by atoms with van der Waals surface area (Å²) >= 11 is 6.04. The number of ether oxygens (including phenoxy) is 2. The highest BCUT2D eigenvalue weighted by atomic mass is 35.5. The van der Waals surface area contributed by atoms with Crippen LogP contribution < -0.4 is 20.1 Å². The Balaban J connectivity index is 1.47. The Hall–Kier alpha value is -4.36. The van der Waals surface area contributed by atoms with Gasteiger partial charge in [0.1, 0.15) is 12.1 Å². The van der Waals surface area contributed by atoms with Crippen LogP contribution in [0.25, 0.3) is 21.7 Å². The second kappa shape index (κ2) is 9.48. The lowest BCUT2D eigenvalue weighted by atomic mass is 10.0. The Morgan fingerprint density at radius 3 is 2.43 bits per heavy atom. The number of methoxy groups -OCH3 is 2. The van der Waals surface area contributed by atoms with Crippen molar-refractivity contribution in [2.24, 2.45) is 0 Å². The van der Waals surface area contributed by atoms with Crippen LogP contribution in [0.2, 0.25) is 5.02 Å². The Morgan fingerprint density at radius 1 is 0.829 bits per heavy atom. The summed E-state index contributed by atoms with van der Waals surface area (Å²) in [5, 5.41) is 9.36. The van der Waals surface area contributed by atoms with E-state index in [1.807, 2.05) is 42.5 Å². The molecule has 1 aromatic heterocycles. The third-order valence-corrected chi connectivity index (χ3v) is 5.85. The van der Waals surface area contributed by atoms with Crippen LogP contribution in [0.4, 0.5) is 17.2 Å². The SMILES string of the molecule is COc1cc2ncnc(Nc3ccc4c(C(=O)Nc5cccc(Cl)c5)cccc4c3)c2cc1OC. The normalized spacial score (nSPS) is 10.8. The van der Waals surface area contributed by atoms with Gasteiger partial charge in [-0.1, -0.05) is 35.9 Å². The van der Waals surface area contributed by atoms with Gasteiger partial charge in [0, 0.05) is 33.4 Å². The number of rotatable bonds is 6. The first-order valence-corrected chi connectivity index (χ1v) is 11.2. The highest BCUT2D eigenvalue weighted by Gasteiger charge is 2.13. The molecular formula is C27H21ClN4O3. The summed E-state index contributed by atoms with van der Waals surface area (Å²) in [4.78, 5) is 21.7. The topological polar surface area (TPSA) is 85.4 Å². The molecule has 0 atom stereocenters. The van der Waals surface area contributed by atoms with Crippen LogP contribution in [0.5, 0.6) is 11.5 Å². The van der Waals surface area contributed by atoms with Gasteiger partial charge in [0.25, 0.3) is 5.91 Å². The molecule has 0 unspecified atom stereocenters. The van der Waals surface area contributed by atoms with E-state index in [9.17, 15) is 4.79 Å².